The third-order valence-electron chi connectivity index (χ3n) is 1.65. The molecule has 1 rings (SSSR count). The van der Waals surface area contributed by atoms with E-state index in [2.05, 4.69) is 0 Å². The molecule has 0 unspecified atom stereocenters. The van der Waals surface area contributed by atoms with Crippen molar-refractivity contribution >= 4 is 17.4 Å². The van der Waals surface area contributed by atoms with E-state index >= 15 is 0 Å². The first-order chi connectivity index (χ1) is 6.04. The quantitative estimate of drug-likeness (QED) is 0.674. The van der Waals surface area contributed by atoms with Crippen molar-refractivity contribution in [3.05, 3.63) is 34.3 Å². The van der Waals surface area contributed by atoms with Crippen molar-refractivity contribution < 1.29 is 13.6 Å². The van der Waals surface area contributed by atoms with E-state index in [-0.39, 0.29) is 16.1 Å². The standard InChI is InChI=1S/C9H7ClF2O/c1-5(13)6-3-2-4-7(10)8(6)9(11)12/h2-4,9H,1H3. The molecule has 0 bridgehead atoms. The number of benzene rings is 1. The van der Waals surface area contributed by atoms with Crippen molar-refractivity contribution in [3.63, 3.8) is 0 Å². The Balaban J connectivity index is 3.34. The Morgan fingerprint density at radius 2 is 2.08 bits per heavy atom. The zero-order valence-corrected chi connectivity index (χ0v) is 7.61. The fourth-order valence-electron chi connectivity index (χ4n) is 1.07. The number of hydrogen-bond acceptors (Lipinski definition) is 1. The molecule has 70 valence electrons. The molecule has 0 radical (unpaired) electrons. The van der Waals surface area contributed by atoms with Crippen molar-refractivity contribution in [2.45, 2.75) is 13.3 Å². The van der Waals surface area contributed by atoms with E-state index in [9.17, 15) is 13.6 Å². The van der Waals surface area contributed by atoms with E-state index in [0.29, 0.717) is 0 Å². The number of rotatable bonds is 2. The lowest BCUT2D eigenvalue weighted by atomic mass is 10.0. The lowest BCUT2D eigenvalue weighted by Gasteiger charge is -2.07. The Morgan fingerprint density at radius 3 is 2.46 bits per heavy atom. The van der Waals surface area contributed by atoms with Crippen LogP contribution in [0.25, 0.3) is 0 Å². The Bertz CT molecular complexity index is 336. The first-order valence-electron chi connectivity index (χ1n) is 3.61. The maximum Gasteiger partial charge on any atom is 0.265 e. The molecular formula is C9H7ClF2O. The Labute approximate surface area is 79.3 Å². The number of carbonyl (C=O) groups excluding carboxylic acids is 1. The summed E-state index contributed by atoms with van der Waals surface area (Å²) in [5.74, 6) is -0.405. The van der Waals surface area contributed by atoms with Gasteiger partial charge in [-0.05, 0) is 13.0 Å². The molecule has 0 saturated carbocycles. The van der Waals surface area contributed by atoms with Crippen molar-refractivity contribution in [1.82, 2.24) is 0 Å². The van der Waals surface area contributed by atoms with E-state index < -0.39 is 12.2 Å². The van der Waals surface area contributed by atoms with Crippen LogP contribution in [0.1, 0.15) is 29.3 Å². The maximum absolute atomic E-state index is 12.4. The van der Waals surface area contributed by atoms with Crippen molar-refractivity contribution in [3.8, 4) is 0 Å². The lowest BCUT2D eigenvalue weighted by Crippen LogP contribution is -2.00. The summed E-state index contributed by atoms with van der Waals surface area (Å²) in [5, 5.41) is -0.0669. The van der Waals surface area contributed by atoms with Crippen LogP contribution in [0.2, 0.25) is 5.02 Å². The molecule has 0 aromatic heterocycles. The molecule has 0 heterocycles. The Hall–Kier alpha value is -0.960. The fraction of sp³-hybridized carbons (Fsp3) is 0.222. The van der Waals surface area contributed by atoms with Gasteiger partial charge in [-0.25, -0.2) is 8.78 Å². The van der Waals surface area contributed by atoms with Gasteiger partial charge in [0.2, 0.25) is 0 Å². The summed E-state index contributed by atoms with van der Waals surface area (Å²) < 4.78 is 24.8. The van der Waals surface area contributed by atoms with Crippen LogP contribution in [0.4, 0.5) is 8.78 Å². The van der Waals surface area contributed by atoms with Gasteiger partial charge in [0.15, 0.2) is 5.78 Å². The monoisotopic (exact) mass is 204 g/mol. The minimum Gasteiger partial charge on any atom is -0.294 e. The smallest absolute Gasteiger partial charge is 0.265 e. The molecule has 1 aromatic rings. The van der Waals surface area contributed by atoms with Crippen LogP contribution >= 0.6 is 11.6 Å². The van der Waals surface area contributed by atoms with Gasteiger partial charge in [0.25, 0.3) is 6.43 Å². The molecule has 0 saturated heterocycles. The largest absolute Gasteiger partial charge is 0.294 e. The zero-order chi connectivity index (χ0) is 10.0. The van der Waals surface area contributed by atoms with Gasteiger partial charge in [-0.15, -0.1) is 0 Å². The highest BCUT2D eigenvalue weighted by molar-refractivity contribution is 6.32. The minimum absolute atomic E-state index is 0.0116. The topological polar surface area (TPSA) is 17.1 Å². The summed E-state index contributed by atoms with van der Waals surface area (Å²) in [5.41, 5.74) is -0.390. The van der Waals surface area contributed by atoms with E-state index in [1.54, 1.807) is 0 Å². The molecule has 13 heavy (non-hydrogen) atoms. The number of hydrogen-bond donors (Lipinski definition) is 0. The predicted molar refractivity (Wildman–Crippen MR) is 46.4 cm³/mol. The van der Waals surface area contributed by atoms with Gasteiger partial charge >= 0.3 is 0 Å². The predicted octanol–water partition coefficient (Wildman–Crippen LogP) is 3.48. The summed E-state index contributed by atoms with van der Waals surface area (Å²) in [6.45, 7) is 1.23. The highest BCUT2D eigenvalue weighted by atomic mass is 35.5. The van der Waals surface area contributed by atoms with Gasteiger partial charge in [0.05, 0.1) is 5.02 Å². The van der Waals surface area contributed by atoms with E-state index in [1.165, 1.54) is 25.1 Å². The number of carbonyl (C=O) groups is 1. The van der Waals surface area contributed by atoms with Gasteiger partial charge in [-0.3, -0.25) is 4.79 Å². The molecule has 0 aliphatic heterocycles. The maximum atomic E-state index is 12.4. The van der Waals surface area contributed by atoms with Crippen LogP contribution in [-0.2, 0) is 0 Å². The third kappa shape index (κ3) is 2.04. The van der Waals surface area contributed by atoms with Gasteiger partial charge in [-0.2, -0.15) is 0 Å². The first kappa shape index (κ1) is 10.1. The zero-order valence-electron chi connectivity index (χ0n) is 6.85. The minimum atomic E-state index is -2.72. The molecular weight excluding hydrogens is 198 g/mol. The van der Waals surface area contributed by atoms with Crippen LogP contribution in [0.3, 0.4) is 0 Å². The van der Waals surface area contributed by atoms with Crippen molar-refractivity contribution in [1.29, 1.82) is 0 Å². The second-order valence-electron chi connectivity index (χ2n) is 2.56. The molecule has 1 nitrogen and oxygen atoms in total. The van der Waals surface area contributed by atoms with Crippen LogP contribution < -0.4 is 0 Å². The molecule has 0 atom stereocenters. The average Bonchev–Trinajstić information content (AvgIpc) is 2.02. The molecule has 0 fully saturated rings. The fourth-order valence-corrected chi connectivity index (χ4v) is 1.32. The number of ketones is 1. The highest BCUT2D eigenvalue weighted by Crippen LogP contribution is 2.30. The molecule has 0 aliphatic carbocycles. The number of Topliss-reactive ketones (excluding diaryl/α,β-unsaturated/α-hetero) is 1. The van der Waals surface area contributed by atoms with E-state index in [1.807, 2.05) is 0 Å². The molecule has 0 N–H and O–H groups in total. The van der Waals surface area contributed by atoms with Gasteiger partial charge in [0.1, 0.15) is 0 Å². The Kier molecular flexibility index (Phi) is 2.98. The van der Waals surface area contributed by atoms with Crippen LogP contribution in [-0.4, -0.2) is 5.78 Å². The average molecular weight is 205 g/mol. The second-order valence-corrected chi connectivity index (χ2v) is 2.97. The summed E-state index contributed by atoms with van der Waals surface area (Å²) in [7, 11) is 0. The van der Waals surface area contributed by atoms with E-state index in [0.717, 1.165) is 0 Å². The SMILES string of the molecule is CC(=O)c1cccc(Cl)c1C(F)F. The molecule has 0 aliphatic rings. The summed E-state index contributed by atoms with van der Waals surface area (Å²) in [6.07, 6.45) is -2.72. The summed E-state index contributed by atoms with van der Waals surface area (Å²) >= 11 is 5.54. The van der Waals surface area contributed by atoms with Crippen molar-refractivity contribution in [2.75, 3.05) is 0 Å². The van der Waals surface area contributed by atoms with Gasteiger partial charge < -0.3 is 0 Å². The highest BCUT2D eigenvalue weighted by Gasteiger charge is 2.18. The van der Waals surface area contributed by atoms with Gasteiger partial charge in [-0.1, -0.05) is 23.7 Å². The summed E-state index contributed by atoms with van der Waals surface area (Å²) in [6, 6.07) is 4.16. The normalized spacial score (nSPS) is 10.5. The van der Waals surface area contributed by atoms with Crippen LogP contribution in [0, 0.1) is 0 Å². The molecule has 4 heteroatoms. The van der Waals surface area contributed by atoms with Crippen molar-refractivity contribution in [2.24, 2.45) is 0 Å². The van der Waals surface area contributed by atoms with Gasteiger partial charge in [0, 0.05) is 11.1 Å². The third-order valence-corrected chi connectivity index (χ3v) is 1.98. The Morgan fingerprint density at radius 1 is 1.46 bits per heavy atom. The van der Waals surface area contributed by atoms with Crippen LogP contribution in [0.15, 0.2) is 18.2 Å². The molecule has 0 amide bonds. The second kappa shape index (κ2) is 3.83. The summed E-state index contributed by atoms with van der Waals surface area (Å²) in [4.78, 5) is 10.9. The molecule has 1 aromatic carbocycles. The van der Waals surface area contributed by atoms with Crippen LogP contribution in [0.5, 0.6) is 0 Å². The van der Waals surface area contributed by atoms with E-state index in [4.69, 9.17) is 11.6 Å². The number of halogens is 3. The molecule has 0 spiro atoms. The lowest BCUT2D eigenvalue weighted by molar-refractivity contribution is 0.0999. The first-order valence-corrected chi connectivity index (χ1v) is 3.99. The number of alkyl halides is 2.